The van der Waals surface area contributed by atoms with Crippen molar-refractivity contribution in [2.75, 3.05) is 4.90 Å². The molecule has 0 radical (unpaired) electrons. The van der Waals surface area contributed by atoms with Gasteiger partial charge in [0.2, 0.25) is 0 Å². The summed E-state index contributed by atoms with van der Waals surface area (Å²) in [5.41, 5.74) is 29.4. The third-order valence-corrected chi connectivity index (χ3v) is 25.2. The highest BCUT2D eigenvalue weighted by Gasteiger charge is 2.51. The van der Waals surface area contributed by atoms with E-state index >= 15 is 0 Å². The van der Waals surface area contributed by atoms with Crippen LogP contribution in [0, 0.1) is 6.92 Å². The van der Waals surface area contributed by atoms with E-state index in [1.807, 2.05) is 0 Å². The van der Waals surface area contributed by atoms with Crippen molar-refractivity contribution in [1.29, 1.82) is 0 Å². The number of furan rings is 2. The molecule has 0 aliphatic heterocycles. The first-order chi connectivity index (χ1) is 51.8. The molecule has 534 valence electrons. The van der Waals surface area contributed by atoms with E-state index in [0.29, 0.717) is 0 Å². The molecule has 13 aromatic rings. The van der Waals surface area contributed by atoms with Gasteiger partial charge in [0.05, 0.1) is 5.41 Å². The Hall–Kier alpha value is -9.18. The fourth-order valence-electron chi connectivity index (χ4n) is 20.0. The minimum atomic E-state index is -0.714. The van der Waals surface area contributed by atoms with Crippen molar-refractivity contribution in [2.45, 2.75) is 231 Å². The van der Waals surface area contributed by atoms with Crippen LogP contribution in [0.15, 0.2) is 239 Å². The Morgan fingerprint density at radius 2 is 0.705 bits per heavy atom. The number of anilines is 3. The topological polar surface area (TPSA) is 29.5 Å². The first-order valence-electron chi connectivity index (χ1n) is 41.3. The van der Waals surface area contributed by atoms with Gasteiger partial charge in [0.25, 0.3) is 0 Å². The second-order valence-corrected chi connectivity index (χ2v) is 31.8. The van der Waals surface area contributed by atoms with Crippen molar-refractivity contribution in [3.63, 3.8) is 0 Å². The van der Waals surface area contributed by atoms with Gasteiger partial charge in [-0.25, -0.2) is 0 Å². The summed E-state index contributed by atoms with van der Waals surface area (Å²) in [4.78, 5) is 2.63. The maximum Gasteiger partial charge on any atom is 0.143 e. The lowest BCUT2D eigenvalue weighted by Gasteiger charge is -2.36. The predicted molar refractivity (Wildman–Crippen MR) is 448 cm³/mol. The summed E-state index contributed by atoms with van der Waals surface area (Å²) in [6.45, 7) is 11.7. The van der Waals surface area contributed by atoms with E-state index in [0.717, 1.165) is 63.1 Å². The molecule has 3 heteroatoms. The third kappa shape index (κ3) is 12.7. The Kier molecular flexibility index (Phi) is 20.8. The van der Waals surface area contributed by atoms with Crippen molar-refractivity contribution in [2.24, 2.45) is 0 Å². The van der Waals surface area contributed by atoms with Crippen LogP contribution < -0.4 is 4.90 Å². The molecule has 2 heterocycles. The molecule has 0 spiro atoms. The first-order valence-corrected chi connectivity index (χ1v) is 41.3. The van der Waals surface area contributed by atoms with Crippen molar-refractivity contribution in [3.05, 3.63) is 281 Å². The van der Waals surface area contributed by atoms with Gasteiger partial charge in [-0.1, -0.05) is 345 Å². The number of hydrogen-bond acceptors (Lipinski definition) is 3. The lowest BCUT2D eigenvalue weighted by molar-refractivity contribution is 0.394. The SMILES string of the molecule is CCCCCCCCC1(CCCCCCCC)c2cc(N(c3ccc(C)cc3)c3ccc4c(c3)C(c3ccccc3)(c3ccccc3)c3cc(-c5ccccc5)c5oc6ccccc6c5c3-4)ccc2-c2cc3c(cc21)-c1c(ccc2oc4ccccc4c12)C3(CCCCCCCC)CCCCCCCC. The van der Waals surface area contributed by atoms with E-state index in [-0.39, 0.29) is 10.8 Å². The molecule has 3 nitrogen and oxygen atoms in total. The predicted octanol–water partition coefficient (Wildman–Crippen LogP) is 30.8. The van der Waals surface area contributed by atoms with Gasteiger partial charge in [-0.2, -0.15) is 0 Å². The molecular weight excluding hydrogens is 1270 g/mol. The Morgan fingerprint density at radius 1 is 0.286 bits per heavy atom. The summed E-state index contributed by atoms with van der Waals surface area (Å²) in [6, 6.07) is 89.4. The van der Waals surface area contributed by atoms with Crippen LogP contribution in [0.2, 0.25) is 0 Å². The summed E-state index contributed by atoms with van der Waals surface area (Å²) in [5.74, 6) is 0. The van der Waals surface area contributed by atoms with Gasteiger partial charge in [-0.05, 0) is 189 Å². The van der Waals surface area contributed by atoms with Gasteiger partial charge >= 0.3 is 0 Å². The second kappa shape index (κ2) is 31.1. The van der Waals surface area contributed by atoms with E-state index in [1.54, 1.807) is 16.7 Å². The summed E-state index contributed by atoms with van der Waals surface area (Å²) >= 11 is 0. The Bertz CT molecular complexity index is 5090. The maximum absolute atomic E-state index is 7.14. The van der Waals surface area contributed by atoms with E-state index in [2.05, 4.69) is 270 Å². The molecule has 0 atom stereocenters. The van der Waals surface area contributed by atoms with Crippen LogP contribution >= 0.6 is 0 Å². The highest BCUT2D eigenvalue weighted by atomic mass is 16.3. The molecule has 0 unspecified atom stereocenters. The molecule has 11 aromatic carbocycles. The van der Waals surface area contributed by atoms with E-state index in [9.17, 15) is 0 Å². The summed E-state index contributed by atoms with van der Waals surface area (Å²) in [7, 11) is 0. The molecule has 0 saturated carbocycles. The fraction of sp³-hybridized carbons (Fsp3) is 0.353. The van der Waals surface area contributed by atoms with Gasteiger partial charge in [0, 0.05) is 55.0 Å². The van der Waals surface area contributed by atoms with Crippen LogP contribution in [0.3, 0.4) is 0 Å². The van der Waals surface area contributed by atoms with Crippen LogP contribution in [0.5, 0.6) is 0 Å². The van der Waals surface area contributed by atoms with Gasteiger partial charge in [-0.15, -0.1) is 0 Å². The number of benzene rings is 11. The number of hydrogen-bond donors (Lipinski definition) is 0. The molecule has 0 saturated heterocycles. The lowest BCUT2D eigenvalue weighted by atomic mass is 9.67. The minimum absolute atomic E-state index is 0.116. The first kappa shape index (κ1) is 70.1. The van der Waals surface area contributed by atoms with Gasteiger partial charge < -0.3 is 13.7 Å². The van der Waals surface area contributed by atoms with Crippen LogP contribution in [0.1, 0.15) is 258 Å². The van der Waals surface area contributed by atoms with Crippen molar-refractivity contribution in [1.82, 2.24) is 0 Å². The molecule has 0 amide bonds. The molecule has 16 rings (SSSR count). The zero-order chi connectivity index (χ0) is 71.3. The number of rotatable bonds is 34. The lowest BCUT2D eigenvalue weighted by Crippen LogP contribution is -2.29. The molecule has 0 fully saturated rings. The van der Waals surface area contributed by atoms with Gasteiger partial charge in [-0.3, -0.25) is 0 Å². The van der Waals surface area contributed by atoms with E-state index < -0.39 is 5.41 Å². The molecule has 0 bridgehead atoms. The van der Waals surface area contributed by atoms with E-state index in [4.69, 9.17) is 8.83 Å². The van der Waals surface area contributed by atoms with Crippen molar-refractivity contribution < 1.29 is 8.83 Å². The van der Waals surface area contributed by atoms with Crippen molar-refractivity contribution >= 4 is 60.9 Å². The second-order valence-electron chi connectivity index (χ2n) is 31.8. The summed E-state index contributed by atoms with van der Waals surface area (Å²) in [5, 5.41) is 4.88. The molecule has 3 aliphatic carbocycles. The van der Waals surface area contributed by atoms with Gasteiger partial charge in [0.1, 0.15) is 22.3 Å². The average Bonchev–Trinajstić information content (AvgIpc) is 1.53. The Labute approximate surface area is 626 Å². The summed E-state index contributed by atoms with van der Waals surface area (Å²) < 4.78 is 14.1. The monoisotopic (exact) mass is 1380 g/mol. The molecule has 2 aromatic heterocycles. The quantitative estimate of drug-likeness (QED) is 0.0377. The zero-order valence-electron chi connectivity index (χ0n) is 63.5. The Balaban J connectivity index is 0.931. The standard InChI is InChI=1S/C102H109NO2/c1-6-10-14-18-22-39-63-100(64-40-23-19-15-11-7-2)86-61-62-94-97(81-49-35-37-51-92(81)104-94)96(86)85-71-88-84(70-89(85)100)79-59-57-77(67-87(79)101(88,65-41-24-20-16-12-8-3)66-42-25-21-17-13-9-4)103(76-55-53-72(5)54-56-76)78-58-60-80-90(68-78)102(74-45-31-27-32-46-74,75-47-33-28-34-48-75)91-69-83(73-43-29-26-30-44-73)99-98(95(80)91)82-50-36-38-52-93(82)105-99/h26-38,43-62,67-71H,6-25,39-42,63-66H2,1-5H3. The average molecular weight is 1380 g/mol. The number of para-hydroxylation sites is 2. The third-order valence-electron chi connectivity index (χ3n) is 25.2. The highest BCUT2D eigenvalue weighted by molar-refractivity contribution is 6.20. The normalized spacial score (nSPS) is 14.1. The van der Waals surface area contributed by atoms with Gasteiger partial charge in [0.15, 0.2) is 0 Å². The number of nitrogens with zero attached hydrogens (tertiary/aromatic N) is 1. The van der Waals surface area contributed by atoms with Crippen LogP contribution in [0.25, 0.3) is 88.4 Å². The van der Waals surface area contributed by atoms with E-state index in [1.165, 1.54) is 256 Å². The highest BCUT2D eigenvalue weighted by Crippen LogP contribution is 2.65. The number of aryl methyl sites for hydroxylation is 1. The maximum atomic E-state index is 7.14. The fourth-order valence-corrected chi connectivity index (χ4v) is 20.0. The molecule has 105 heavy (non-hydrogen) atoms. The molecular formula is C102H109NO2. The Morgan fingerprint density at radius 3 is 1.27 bits per heavy atom. The van der Waals surface area contributed by atoms with Crippen molar-refractivity contribution in [3.8, 4) is 44.5 Å². The van der Waals surface area contributed by atoms with Crippen LogP contribution in [-0.2, 0) is 16.2 Å². The smallest absolute Gasteiger partial charge is 0.143 e. The zero-order valence-corrected chi connectivity index (χ0v) is 63.5. The van der Waals surface area contributed by atoms with Crippen LogP contribution in [0.4, 0.5) is 17.1 Å². The minimum Gasteiger partial charge on any atom is -0.456 e. The number of fused-ring (bicyclic) bond motifs is 17. The number of unbranched alkanes of at least 4 members (excludes halogenated alkanes) is 20. The largest absolute Gasteiger partial charge is 0.456 e. The van der Waals surface area contributed by atoms with Crippen LogP contribution in [-0.4, -0.2) is 0 Å². The molecule has 0 N–H and O–H groups in total. The molecule has 3 aliphatic rings. The summed E-state index contributed by atoms with van der Waals surface area (Å²) in [6.07, 6.45) is 35.3.